The van der Waals surface area contributed by atoms with E-state index in [0.29, 0.717) is 24.5 Å². The lowest BCUT2D eigenvalue weighted by Crippen LogP contribution is -2.29. The van der Waals surface area contributed by atoms with Crippen LogP contribution in [0.3, 0.4) is 0 Å². The van der Waals surface area contributed by atoms with Crippen molar-refractivity contribution in [2.45, 2.75) is 31.9 Å². The van der Waals surface area contributed by atoms with Crippen LogP contribution in [0, 0.1) is 12.8 Å². The Hall–Kier alpha value is -3.15. The van der Waals surface area contributed by atoms with Crippen molar-refractivity contribution in [1.82, 2.24) is 0 Å². The van der Waals surface area contributed by atoms with Gasteiger partial charge in [0.05, 0.1) is 16.2 Å². The third kappa shape index (κ3) is 5.36. The summed E-state index contributed by atoms with van der Waals surface area (Å²) in [5.74, 6) is 1.83. The number of aliphatic imine (C=N–C) groups is 1. The highest BCUT2D eigenvalue weighted by Crippen LogP contribution is 2.50. The van der Waals surface area contributed by atoms with E-state index in [9.17, 15) is 0 Å². The number of nitrogens with zero attached hydrogens (tertiary/aromatic N) is 1. The summed E-state index contributed by atoms with van der Waals surface area (Å²) in [6.45, 7) is 2.69. The summed E-state index contributed by atoms with van der Waals surface area (Å²) in [6, 6.07) is 29.9. The molecule has 0 saturated carbocycles. The van der Waals surface area contributed by atoms with Crippen molar-refractivity contribution >= 4 is 49.4 Å². The number of hydrogen-bond donors (Lipinski definition) is 1. The number of hydrogen-bond acceptors (Lipinski definition) is 3. The molecule has 3 nitrogen and oxygen atoms in total. The van der Waals surface area contributed by atoms with E-state index < -0.39 is 0 Å². The maximum Gasteiger partial charge on any atom is 0.134 e. The Kier molecular flexibility index (Phi) is 7.22. The molecule has 0 bridgehead atoms. The van der Waals surface area contributed by atoms with Crippen LogP contribution < -0.4 is 10.1 Å². The van der Waals surface area contributed by atoms with Crippen LogP contribution in [-0.4, -0.2) is 6.21 Å². The first-order chi connectivity index (χ1) is 18.5. The number of nitrogens with one attached hydrogen (secondary N) is 1. The van der Waals surface area contributed by atoms with Crippen molar-refractivity contribution in [2.75, 3.05) is 5.32 Å². The van der Waals surface area contributed by atoms with E-state index in [1.54, 1.807) is 0 Å². The molecule has 190 valence electrons. The van der Waals surface area contributed by atoms with E-state index in [1.807, 2.05) is 36.5 Å². The fourth-order valence-electron chi connectivity index (χ4n) is 5.42. The zero-order chi connectivity index (χ0) is 26.1. The molecule has 0 fully saturated rings. The molecule has 1 aliphatic carbocycles. The van der Waals surface area contributed by atoms with Gasteiger partial charge in [-0.2, -0.15) is 0 Å². The van der Waals surface area contributed by atoms with Crippen molar-refractivity contribution < 1.29 is 4.74 Å². The molecule has 4 aromatic carbocycles. The standard InChI is InChI=1S/C33H28Br2N2O/c1-21-5-15-31-29(17-21)27-3-2-4-28(27)33(37-31)24-9-13-26(14-10-24)36-19-23-8-16-32(30(35)18-23)38-20-22-6-11-25(34)12-7-22/h2-3,5-19,27-28,33,37H,4,20H2,1H3/t27-,28+,33-/m1/s1. The van der Waals surface area contributed by atoms with Gasteiger partial charge in [0.1, 0.15) is 12.4 Å². The molecular weight excluding hydrogens is 600 g/mol. The Morgan fingerprint density at radius 2 is 1.76 bits per heavy atom. The van der Waals surface area contributed by atoms with Gasteiger partial charge in [-0.3, -0.25) is 4.99 Å². The van der Waals surface area contributed by atoms with Gasteiger partial charge in [0.2, 0.25) is 0 Å². The number of benzene rings is 4. The normalized spacial score (nSPS) is 19.7. The number of ether oxygens (including phenoxy) is 1. The number of anilines is 1. The van der Waals surface area contributed by atoms with Gasteiger partial charge in [0.15, 0.2) is 0 Å². The van der Waals surface area contributed by atoms with Crippen LogP contribution in [0.5, 0.6) is 5.75 Å². The third-order valence-electron chi connectivity index (χ3n) is 7.40. The Morgan fingerprint density at radius 1 is 0.947 bits per heavy atom. The predicted molar refractivity (Wildman–Crippen MR) is 164 cm³/mol. The topological polar surface area (TPSA) is 33.6 Å². The summed E-state index contributed by atoms with van der Waals surface area (Å²) in [6.07, 6.45) is 7.74. The van der Waals surface area contributed by atoms with E-state index in [-0.39, 0.29) is 0 Å². The second kappa shape index (κ2) is 10.9. The fourth-order valence-corrected chi connectivity index (χ4v) is 6.19. The smallest absolute Gasteiger partial charge is 0.134 e. The minimum Gasteiger partial charge on any atom is -0.488 e. The summed E-state index contributed by atoms with van der Waals surface area (Å²) in [5, 5.41) is 3.83. The zero-order valence-electron chi connectivity index (χ0n) is 21.1. The van der Waals surface area contributed by atoms with Gasteiger partial charge in [-0.25, -0.2) is 0 Å². The van der Waals surface area contributed by atoms with Crippen LogP contribution in [0.4, 0.5) is 11.4 Å². The molecule has 3 atom stereocenters. The summed E-state index contributed by atoms with van der Waals surface area (Å²) in [4.78, 5) is 4.72. The van der Waals surface area contributed by atoms with Gasteiger partial charge in [0.25, 0.3) is 0 Å². The lowest BCUT2D eigenvalue weighted by molar-refractivity contribution is 0.304. The molecule has 0 unspecified atom stereocenters. The minimum absolute atomic E-state index is 0.296. The highest BCUT2D eigenvalue weighted by atomic mass is 79.9. The molecule has 0 saturated heterocycles. The van der Waals surface area contributed by atoms with Crippen LogP contribution >= 0.6 is 31.9 Å². The van der Waals surface area contributed by atoms with Crippen LogP contribution in [-0.2, 0) is 6.61 Å². The lowest BCUT2D eigenvalue weighted by Gasteiger charge is -2.37. The van der Waals surface area contributed by atoms with Crippen LogP contribution in [0.1, 0.15) is 46.2 Å². The van der Waals surface area contributed by atoms with E-state index in [4.69, 9.17) is 9.73 Å². The molecule has 0 aromatic heterocycles. The van der Waals surface area contributed by atoms with E-state index in [2.05, 4.69) is 111 Å². The molecule has 0 radical (unpaired) electrons. The van der Waals surface area contributed by atoms with Gasteiger partial charge < -0.3 is 10.1 Å². The highest BCUT2D eigenvalue weighted by molar-refractivity contribution is 9.10. The summed E-state index contributed by atoms with van der Waals surface area (Å²) in [7, 11) is 0. The van der Waals surface area contributed by atoms with E-state index in [0.717, 1.165) is 37.9 Å². The second-order valence-electron chi connectivity index (χ2n) is 10.0. The van der Waals surface area contributed by atoms with Crippen molar-refractivity contribution in [1.29, 1.82) is 0 Å². The van der Waals surface area contributed by atoms with Gasteiger partial charge in [-0.1, -0.05) is 70.0 Å². The molecule has 38 heavy (non-hydrogen) atoms. The first-order valence-electron chi connectivity index (χ1n) is 12.9. The first-order valence-corrected chi connectivity index (χ1v) is 14.5. The molecular formula is C33H28Br2N2O. The minimum atomic E-state index is 0.296. The Labute approximate surface area is 240 Å². The van der Waals surface area contributed by atoms with Gasteiger partial charge in [-0.05, 0) is 106 Å². The quantitative estimate of drug-likeness (QED) is 0.170. The molecule has 1 aliphatic heterocycles. The van der Waals surface area contributed by atoms with Crippen molar-refractivity contribution in [2.24, 2.45) is 10.9 Å². The number of allylic oxidation sites excluding steroid dienone is 2. The molecule has 4 aromatic rings. The average Bonchev–Trinajstić information content (AvgIpc) is 3.43. The predicted octanol–water partition coefficient (Wildman–Crippen LogP) is 9.68. The Morgan fingerprint density at radius 3 is 2.55 bits per heavy atom. The Balaban J connectivity index is 1.12. The van der Waals surface area contributed by atoms with Gasteiger partial charge in [0, 0.05) is 22.3 Å². The second-order valence-corrected chi connectivity index (χ2v) is 11.8. The number of aryl methyl sites for hydroxylation is 1. The van der Waals surface area contributed by atoms with Crippen molar-refractivity contribution in [3.05, 3.63) is 134 Å². The fraction of sp³-hybridized carbons (Fsp3) is 0.182. The molecule has 1 N–H and O–H groups in total. The van der Waals surface area contributed by atoms with Crippen LogP contribution in [0.2, 0.25) is 0 Å². The lowest BCUT2D eigenvalue weighted by atomic mass is 9.76. The maximum atomic E-state index is 5.99. The molecule has 5 heteroatoms. The third-order valence-corrected chi connectivity index (χ3v) is 8.55. The molecule has 1 heterocycles. The SMILES string of the molecule is Cc1ccc2c(c1)[C@@H]1C=CC[C@@H]1[C@@H](c1ccc(N=Cc3ccc(OCc4ccc(Br)cc4)c(Br)c3)cc1)N2. The number of halogens is 2. The number of rotatable bonds is 6. The summed E-state index contributed by atoms with van der Waals surface area (Å²) < 4.78 is 7.96. The van der Waals surface area contributed by atoms with E-state index in [1.165, 1.54) is 22.4 Å². The summed E-state index contributed by atoms with van der Waals surface area (Å²) in [5.41, 5.74) is 8.38. The largest absolute Gasteiger partial charge is 0.488 e. The van der Waals surface area contributed by atoms with Gasteiger partial charge in [-0.15, -0.1) is 0 Å². The molecule has 2 aliphatic rings. The highest BCUT2D eigenvalue weighted by Gasteiger charge is 2.37. The van der Waals surface area contributed by atoms with Crippen LogP contribution in [0.15, 0.2) is 111 Å². The van der Waals surface area contributed by atoms with Crippen molar-refractivity contribution in [3.63, 3.8) is 0 Å². The Bertz CT molecular complexity index is 1510. The van der Waals surface area contributed by atoms with Crippen molar-refractivity contribution in [3.8, 4) is 5.75 Å². The van der Waals surface area contributed by atoms with Gasteiger partial charge >= 0.3 is 0 Å². The molecule has 0 spiro atoms. The summed E-state index contributed by atoms with van der Waals surface area (Å²) >= 11 is 7.11. The molecule has 6 rings (SSSR count). The van der Waals surface area contributed by atoms with E-state index >= 15 is 0 Å². The number of fused-ring (bicyclic) bond motifs is 3. The average molecular weight is 628 g/mol. The maximum absolute atomic E-state index is 5.99. The molecule has 0 amide bonds. The van der Waals surface area contributed by atoms with Crippen LogP contribution in [0.25, 0.3) is 0 Å². The zero-order valence-corrected chi connectivity index (χ0v) is 24.2. The monoisotopic (exact) mass is 626 g/mol. The first kappa shape index (κ1) is 25.1.